The van der Waals surface area contributed by atoms with Gasteiger partial charge < -0.3 is 14.2 Å². The lowest BCUT2D eigenvalue weighted by atomic mass is 10.0. The van der Waals surface area contributed by atoms with E-state index in [9.17, 15) is 14.4 Å². The molecule has 0 radical (unpaired) electrons. The Kier molecular flexibility index (Phi) is 56.6. The summed E-state index contributed by atoms with van der Waals surface area (Å²) in [5, 5.41) is 0. The van der Waals surface area contributed by atoms with Gasteiger partial charge in [0.25, 0.3) is 0 Å². The van der Waals surface area contributed by atoms with E-state index in [0.717, 1.165) is 57.8 Å². The van der Waals surface area contributed by atoms with Crippen molar-refractivity contribution in [2.24, 2.45) is 0 Å². The zero-order chi connectivity index (χ0) is 49.3. The monoisotopic (exact) mass is 961 g/mol. The minimum atomic E-state index is -0.761. The summed E-state index contributed by atoms with van der Waals surface area (Å²) in [5.41, 5.74) is 0. The van der Waals surface area contributed by atoms with Crippen molar-refractivity contribution >= 4 is 17.9 Å². The quantitative estimate of drug-likeness (QED) is 0.0343. The first-order chi connectivity index (χ1) is 33.5. The molecular formula is C62H120O6. The highest BCUT2D eigenvalue weighted by Gasteiger charge is 2.19. The zero-order valence-corrected chi connectivity index (χ0v) is 46.4. The van der Waals surface area contributed by atoms with Gasteiger partial charge in [-0.25, -0.2) is 0 Å². The third kappa shape index (κ3) is 55.3. The predicted molar refractivity (Wildman–Crippen MR) is 294 cm³/mol. The van der Waals surface area contributed by atoms with E-state index in [0.29, 0.717) is 19.3 Å². The Balaban J connectivity index is 4.24. The van der Waals surface area contributed by atoms with Crippen LogP contribution in [-0.4, -0.2) is 37.2 Å². The van der Waals surface area contributed by atoms with Crippen molar-refractivity contribution in [2.75, 3.05) is 13.2 Å². The number of hydrogen-bond donors (Lipinski definition) is 0. The third-order valence-corrected chi connectivity index (χ3v) is 14.4. The van der Waals surface area contributed by atoms with Crippen molar-refractivity contribution in [1.29, 1.82) is 0 Å². The average Bonchev–Trinajstić information content (AvgIpc) is 3.34. The molecule has 68 heavy (non-hydrogen) atoms. The van der Waals surface area contributed by atoms with E-state index in [-0.39, 0.29) is 31.1 Å². The molecule has 404 valence electrons. The highest BCUT2D eigenvalue weighted by atomic mass is 16.6. The summed E-state index contributed by atoms with van der Waals surface area (Å²) < 4.78 is 16.9. The summed E-state index contributed by atoms with van der Waals surface area (Å²) in [6.07, 6.45) is 65.3. The van der Waals surface area contributed by atoms with Gasteiger partial charge in [-0.3, -0.25) is 14.4 Å². The van der Waals surface area contributed by atoms with Gasteiger partial charge in [-0.1, -0.05) is 323 Å². The van der Waals surface area contributed by atoms with Crippen LogP contribution in [0.5, 0.6) is 0 Å². The van der Waals surface area contributed by atoms with Crippen molar-refractivity contribution < 1.29 is 28.6 Å². The van der Waals surface area contributed by atoms with Crippen LogP contribution in [0.2, 0.25) is 0 Å². The van der Waals surface area contributed by atoms with Crippen molar-refractivity contribution in [2.45, 2.75) is 367 Å². The molecule has 0 heterocycles. The molecule has 0 aliphatic heterocycles. The summed E-state index contributed by atoms with van der Waals surface area (Å²) >= 11 is 0. The third-order valence-electron chi connectivity index (χ3n) is 14.4. The molecule has 0 N–H and O–H groups in total. The molecule has 0 rings (SSSR count). The molecule has 0 aliphatic rings. The summed E-state index contributed by atoms with van der Waals surface area (Å²) in [5.74, 6) is -0.828. The fourth-order valence-electron chi connectivity index (χ4n) is 9.68. The van der Waals surface area contributed by atoms with Gasteiger partial charge in [-0.2, -0.15) is 0 Å². The molecule has 0 unspecified atom stereocenters. The highest BCUT2D eigenvalue weighted by molar-refractivity contribution is 5.71. The average molecular weight is 962 g/mol. The molecular weight excluding hydrogens is 841 g/mol. The summed E-state index contributed by atoms with van der Waals surface area (Å²) in [7, 11) is 0. The van der Waals surface area contributed by atoms with Crippen molar-refractivity contribution in [1.82, 2.24) is 0 Å². The van der Waals surface area contributed by atoms with Crippen molar-refractivity contribution in [3.8, 4) is 0 Å². The number of ether oxygens (including phenoxy) is 3. The topological polar surface area (TPSA) is 78.9 Å². The number of carbonyl (C=O) groups excluding carboxylic acids is 3. The van der Waals surface area contributed by atoms with Gasteiger partial charge >= 0.3 is 17.9 Å². The second-order valence-corrected chi connectivity index (χ2v) is 21.3. The van der Waals surface area contributed by atoms with Crippen LogP contribution >= 0.6 is 0 Å². The Morgan fingerprint density at radius 3 is 0.588 bits per heavy atom. The van der Waals surface area contributed by atoms with Crippen LogP contribution in [-0.2, 0) is 28.6 Å². The van der Waals surface area contributed by atoms with E-state index in [2.05, 4.69) is 20.8 Å². The Morgan fingerprint density at radius 1 is 0.235 bits per heavy atom. The van der Waals surface area contributed by atoms with E-state index in [1.54, 1.807) is 0 Å². The molecule has 0 aromatic heterocycles. The van der Waals surface area contributed by atoms with E-state index in [1.165, 1.54) is 263 Å². The van der Waals surface area contributed by atoms with E-state index >= 15 is 0 Å². The van der Waals surface area contributed by atoms with Crippen LogP contribution in [0.4, 0.5) is 0 Å². The van der Waals surface area contributed by atoms with Gasteiger partial charge in [-0.05, 0) is 19.3 Å². The molecule has 1 atom stereocenters. The zero-order valence-electron chi connectivity index (χ0n) is 46.4. The van der Waals surface area contributed by atoms with Gasteiger partial charge in [0.2, 0.25) is 0 Å². The number of carbonyl (C=O) groups is 3. The fraction of sp³-hybridized carbons (Fsp3) is 0.952. The fourth-order valence-corrected chi connectivity index (χ4v) is 9.68. The van der Waals surface area contributed by atoms with Crippen LogP contribution in [0.15, 0.2) is 0 Å². The molecule has 0 aliphatic carbocycles. The molecule has 0 amide bonds. The Bertz CT molecular complexity index is 1010. The minimum Gasteiger partial charge on any atom is -0.462 e. The molecule has 0 aromatic carbocycles. The maximum atomic E-state index is 12.9. The normalized spacial score (nSPS) is 11.9. The Labute approximate surface area is 425 Å². The Morgan fingerprint density at radius 2 is 0.397 bits per heavy atom. The first-order valence-corrected chi connectivity index (χ1v) is 31.0. The summed E-state index contributed by atoms with van der Waals surface area (Å²) in [6.45, 7) is 6.72. The lowest BCUT2D eigenvalue weighted by molar-refractivity contribution is -0.167. The molecule has 0 fully saturated rings. The summed E-state index contributed by atoms with van der Waals surface area (Å²) in [6, 6.07) is 0. The van der Waals surface area contributed by atoms with E-state index in [4.69, 9.17) is 14.2 Å². The first-order valence-electron chi connectivity index (χ1n) is 31.0. The van der Waals surface area contributed by atoms with Crippen LogP contribution in [0.1, 0.15) is 361 Å². The highest BCUT2D eigenvalue weighted by Crippen LogP contribution is 2.18. The number of esters is 3. The SMILES string of the molecule is CCCCCCCCCCCCCCCCCCCCCC(=O)OC[C@H](COC(=O)CCCCCCCCCCCCCC)OC(=O)CCCCCCCCCCCCCCCCCCCCC. The lowest BCUT2D eigenvalue weighted by Gasteiger charge is -2.18. The molecule has 6 nitrogen and oxygen atoms in total. The number of unbranched alkanes of at least 4 members (excludes halogenated alkanes) is 47. The van der Waals surface area contributed by atoms with Gasteiger partial charge in [0.05, 0.1) is 0 Å². The first kappa shape index (κ1) is 66.4. The number of rotatable bonds is 58. The summed E-state index contributed by atoms with van der Waals surface area (Å²) in [4.78, 5) is 38.2. The lowest BCUT2D eigenvalue weighted by Crippen LogP contribution is -2.30. The Hall–Kier alpha value is -1.59. The second-order valence-electron chi connectivity index (χ2n) is 21.3. The molecule has 0 saturated heterocycles. The van der Waals surface area contributed by atoms with Crippen LogP contribution in [0.3, 0.4) is 0 Å². The van der Waals surface area contributed by atoms with E-state index in [1.807, 2.05) is 0 Å². The smallest absolute Gasteiger partial charge is 0.306 e. The van der Waals surface area contributed by atoms with Crippen molar-refractivity contribution in [3.05, 3.63) is 0 Å². The number of hydrogen-bond acceptors (Lipinski definition) is 6. The molecule has 0 aromatic rings. The predicted octanol–water partition coefficient (Wildman–Crippen LogP) is 20.7. The molecule has 0 bridgehead atoms. The van der Waals surface area contributed by atoms with Crippen molar-refractivity contribution in [3.63, 3.8) is 0 Å². The van der Waals surface area contributed by atoms with Crippen LogP contribution in [0, 0.1) is 0 Å². The largest absolute Gasteiger partial charge is 0.462 e. The van der Waals surface area contributed by atoms with Gasteiger partial charge in [-0.15, -0.1) is 0 Å². The standard InChI is InChI=1S/C62H120O6/c1-4-7-10-13-16-19-22-25-27-29-31-33-35-37-40-43-46-49-52-55-61(64)67-58-59(57-66-60(63)54-51-48-45-42-39-24-21-18-15-12-9-6-3)68-62(65)56-53-50-47-44-41-38-36-34-32-30-28-26-23-20-17-14-11-8-5-2/h59H,4-58H2,1-3H3/t59-/m0/s1. The maximum Gasteiger partial charge on any atom is 0.306 e. The molecule has 6 heteroatoms. The molecule has 0 saturated carbocycles. The second kappa shape index (κ2) is 58.0. The van der Waals surface area contributed by atoms with E-state index < -0.39 is 6.10 Å². The van der Waals surface area contributed by atoms with Gasteiger partial charge in [0.15, 0.2) is 6.10 Å². The van der Waals surface area contributed by atoms with Crippen LogP contribution in [0.25, 0.3) is 0 Å². The maximum absolute atomic E-state index is 12.9. The van der Waals surface area contributed by atoms with Gasteiger partial charge in [0, 0.05) is 19.3 Å². The van der Waals surface area contributed by atoms with Gasteiger partial charge in [0.1, 0.15) is 13.2 Å². The molecule has 0 spiro atoms. The minimum absolute atomic E-state index is 0.0607. The van der Waals surface area contributed by atoms with Crippen LogP contribution < -0.4 is 0 Å².